The molecule has 1 rings (SSSR count). The lowest BCUT2D eigenvalue weighted by molar-refractivity contribution is -0.386. The van der Waals surface area contributed by atoms with Gasteiger partial charge in [0.1, 0.15) is 0 Å². The molecule has 1 N–H and O–H groups in total. The highest BCUT2D eigenvalue weighted by Gasteiger charge is 2.41. The quantitative estimate of drug-likeness (QED) is 0.614. The summed E-state index contributed by atoms with van der Waals surface area (Å²) in [5.74, 6) is -0.449. The van der Waals surface area contributed by atoms with Gasteiger partial charge in [0.05, 0.1) is 18.1 Å². The molecule has 6 nitrogen and oxygen atoms in total. The van der Waals surface area contributed by atoms with E-state index in [-0.39, 0.29) is 24.7 Å². The van der Waals surface area contributed by atoms with Gasteiger partial charge in [-0.05, 0) is 19.4 Å². The summed E-state index contributed by atoms with van der Waals surface area (Å²) in [6.07, 6.45) is -7.23. The van der Waals surface area contributed by atoms with Crippen LogP contribution >= 0.6 is 0 Å². The predicted octanol–water partition coefficient (Wildman–Crippen LogP) is 3.38. The third-order valence-corrected chi connectivity index (χ3v) is 2.63. The van der Waals surface area contributed by atoms with Crippen molar-refractivity contribution in [2.24, 2.45) is 0 Å². The summed E-state index contributed by atoms with van der Waals surface area (Å²) < 4.78 is 48.1. The zero-order chi connectivity index (χ0) is 16.9. The molecule has 0 bridgehead atoms. The molecule has 0 aromatic heterocycles. The van der Waals surface area contributed by atoms with Gasteiger partial charge in [-0.15, -0.1) is 0 Å². The first-order chi connectivity index (χ1) is 10.2. The monoisotopic (exact) mass is 323 g/mol. The molecule has 0 saturated heterocycles. The van der Waals surface area contributed by atoms with Crippen molar-refractivity contribution >= 4 is 5.69 Å². The van der Waals surface area contributed by atoms with Crippen molar-refractivity contribution in [3.8, 4) is 11.5 Å². The van der Waals surface area contributed by atoms with Crippen LogP contribution in [0.4, 0.5) is 18.9 Å². The molecule has 1 aromatic rings. The Kier molecular flexibility index (Phi) is 5.98. The number of nitro benzene ring substituents is 1. The average Bonchev–Trinajstić information content (AvgIpc) is 2.43. The molecule has 0 aliphatic rings. The van der Waals surface area contributed by atoms with Gasteiger partial charge in [0.2, 0.25) is 5.75 Å². The summed E-state index contributed by atoms with van der Waals surface area (Å²) in [5.41, 5.74) is -1.36. The van der Waals surface area contributed by atoms with Gasteiger partial charge in [-0.2, -0.15) is 13.2 Å². The van der Waals surface area contributed by atoms with E-state index in [1.165, 1.54) is 0 Å². The maximum atomic E-state index is 12.6. The lowest BCUT2D eigenvalue weighted by Gasteiger charge is -2.18. The van der Waals surface area contributed by atoms with Crippen LogP contribution in [0, 0.1) is 10.1 Å². The van der Waals surface area contributed by atoms with Crippen LogP contribution in [0.2, 0.25) is 0 Å². The number of aliphatic hydroxyl groups is 1. The van der Waals surface area contributed by atoms with Gasteiger partial charge in [0, 0.05) is 11.6 Å². The minimum absolute atomic E-state index is 0.0746. The SMILES string of the molecule is CCCOc1c(OCC)cc(C(O)C(F)(F)F)cc1[N+](=O)[O-]. The van der Waals surface area contributed by atoms with E-state index in [0.29, 0.717) is 12.5 Å². The molecule has 0 amide bonds. The molecule has 0 radical (unpaired) electrons. The first-order valence-electron chi connectivity index (χ1n) is 6.55. The lowest BCUT2D eigenvalue weighted by Crippen LogP contribution is -2.20. The van der Waals surface area contributed by atoms with Gasteiger partial charge in [0.25, 0.3) is 0 Å². The summed E-state index contributed by atoms with van der Waals surface area (Å²) in [4.78, 5) is 10.2. The number of ether oxygens (including phenoxy) is 2. The van der Waals surface area contributed by atoms with Crippen molar-refractivity contribution in [2.75, 3.05) is 13.2 Å². The normalized spacial score (nSPS) is 12.8. The van der Waals surface area contributed by atoms with E-state index in [0.717, 1.165) is 6.07 Å². The number of nitro groups is 1. The highest BCUT2D eigenvalue weighted by molar-refractivity contribution is 5.58. The Morgan fingerprint density at radius 1 is 1.32 bits per heavy atom. The van der Waals surface area contributed by atoms with E-state index in [1.54, 1.807) is 13.8 Å². The number of hydrogen-bond acceptors (Lipinski definition) is 5. The number of hydrogen-bond donors (Lipinski definition) is 1. The topological polar surface area (TPSA) is 81.8 Å². The summed E-state index contributed by atoms with van der Waals surface area (Å²) in [6, 6.07) is 1.55. The highest BCUT2D eigenvalue weighted by atomic mass is 19.4. The zero-order valence-electron chi connectivity index (χ0n) is 12.0. The molecule has 0 heterocycles. The molecule has 1 unspecified atom stereocenters. The van der Waals surface area contributed by atoms with Gasteiger partial charge in [-0.1, -0.05) is 6.92 Å². The number of aliphatic hydroxyl groups excluding tert-OH is 1. The van der Waals surface area contributed by atoms with E-state index in [9.17, 15) is 28.4 Å². The second-order valence-electron chi connectivity index (χ2n) is 4.35. The number of rotatable bonds is 7. The van der Waals surface area contributed by atoms with Crippen LogP contribution in [0.5, 0.6) is 11.5 Å². The van der Waals surface area contributed by atoms with Crippen molar-refractivity contribution in [1.82, 2.24) is 0 Å². The predicted molar refractivity (Wildman–Crippen MR) is 71.1 cm³/mol. The second kappa shape index (κ2) is 7.30. The van der Waals surface area contributed by atoms with E-state index in [4.69, 9.17) is 9.47 Å². The van der Waals surface area contributed by atoms with Gasteiger partial charge < -0.3 is 14.6 Å². The molecule has 124 valence electrons. The fourth-order valence-corrected chi connectivity index (χ4v) is 1.70. The largest absolute Gasteiger partial charge is 0.490 e. The maximum Gasteiger partial charge on any atom is 0.418 e. The summed E-state index contributed by atoms with van der Waals surface area (Å²) in [5, 5.41) is 20.4. The van der Waals surface area contributed by atoms with Crippen LogP contribution < -0.4 is 9.47 Å². The number of nitrogens with zero attached hydrogens (tertiary/aromatic N) is 1. The van der Waals surface area contributed by atoms with Crippen LogP contribution in [-0.4, -0.2) is 29.4 Å². The van der Waals surface area contributed by atoms with Crippen LogP contribution in [0.1, 0.15) is 31.9 Å². The van der Waals surface area contributed by atoms with Crippen LogP contribution in [0.3, 0.4) is 0 Å². The van der Waals surface area contributed by atoms with Crippen molar-refractivity contribution < 1.29 is 32.7 Å². The van der Waals surface area contributed by atoms with Crippen molar-refractivity contribution in [1.29, 1.82) is 0 Å². The molecule has 1 atom stereocenters. The molecule has 9 heteroatoms. The van der Waals surface area contributed by atoms with Crippen LogP contribution in [0.15, 0.2) is 12.1 Å². The molecule has 1 aromatic carbocycles. The smallest absolute Gasteiger partial charge is 0.418 e. The molecule has 0 aliphatic carbocycles. The van der Waals surface area contributed by atoms with E-state index >= 15 is 0 Å². The van der Waals surface area contributed by atoms with Crippen LogP contribution in [0.25, 0.3) is 0 Å². The standard InChI is InChI=1S/C13H16F3NO5/c1-3-5-22-11-9(17(19)20)6-8(7-10(11)21-4-2)12(18)13(14,15)16/h6-7,12,18H,3-5H2,1-2H3. The molecule has 22 heavy (non-hydrogen) atoms. The van der Waals surface area contributed by atoms with E-state index < -0.39 is 28.5 Å². The van der Waals surface area contributed by atoms with Crippen molar-refractivity contribution in [3.63, 3.8) is 0 Å². The molecule has 0 aliphatic heterocycles. The Balaban J connectivity index is 3.42. The number of halogens is 3. The maximum absolute atomic E-state index is 12.6. The molecular formula is C13H16F3NO5. The fraction of sp³-hybridized carbons (Fsp3) is 0.538. The zero-order valence-corrected chi connectivity index (χ0v) is 12.0. The minimum atomic E-state index is -4.94. The average molecular weight is 323 g/mol. The Morgan fingerprint density at radius 3 is 2.41 bits per heavy atom. The van der Waals surface area contributed by atoms with Gasteiger partial charge >= 0.3 is 11.9 Å². The Morgan fingerprint density at radius 2 is 1.95 bits per heavy atom. The van der Waals surface area contributed by atoms with Gasteiger partial charge in [-0.25, -0.2) is 0 Å². The number of benzene rings is 1. The third kappa shape index (κ3) is 4.23. The third-order valence-electron chi connectivity index (χ3n) is 2.63. The first kappa shape index (κ1) is 18.0. The first-order valence-corrected chi connectivity index (χ1v) is 6.55. The minimum Gasteiger partial charge on any atom is -0.490 e. The van der Waals surface area contributed by atoms with E-state index in [2.05, 4.69) is 0 Å². The summed E-state index contributed by atoms with van der Waals surface area (Å²) in [7, 11) is 0. The molecule has 0 fully saturated rings. The van der Waals surface area contributed by atoms with Crippen molar-refractivity contribution in [3.05, 3.63) is 27.8 Å². The Hall–Kier alpha value is -2.03. The van der Waals surface area contributed by atoms with Crippen molar-refractivity contribution in [2.45, 2.75) is 32.5 Å². The summed E-state index contributed by atoms with van der Waals surface area (Å²) in [6.45, 7) is 3.56. The Labute approximate surface area is 124 Å². The van der Waals surface area contributed by atoms with E-state index in [1.807, 2.05) is 0 Å². The highest BCUT2D eigenvalue weighted by Crippen LogP contribution is 2.43. The van der Waals surface area contributed by atoms with Gasteiger partial charge in [-0.3, -0.25) is 10.1 Å². The summed E-state index contributed by atoms with van der Waals surface area (Å²) >= 11 is 0. The van der Waals surface area contributed by atoms with Gasteiger partial charge in [0.15, 0.2) is 11.9 Å². The molecular weight excluding hydrogens is 307 g/mol. The molecule has 0 spiro atoms. The molecule has 0 saturated carbocycles. The number of alkyl halides is 3. The van der Waals surface area contributed by atoms with Crippen LogP contribution in [-0.2, 0) is 0 Å². The lowest BCUT2D eigenvalue weighted by atomic mass is 10.1. The Bertz CT molecular complexity index is 533. The second-order valence-corrected chi connectivity index (χ2v) is 4.35. The fourth-order valence-electron chi connectivity index (χ4n) is 1.70.